The Morgan fingerprint density at radius 3 is 2.54 bits per heavy atom. The molecule has 13 heavy (non-hydrogen) atoms. The monoisotopic (exact) mass is 202 g/mol. The largest absolute Gasteiger partial charge is 0.494 e. The first-order valence-corrected chi connectivity index (χ1v) is 4.62. The van der Waals surface area contributed by atoms with Gasteiger partial charge in [0.25, 0.3) is 0 Å². The summed E-state index contributed by atoms with van der Waals surface area (Å²) in [6, 6.07) is 8.03. The lowest BCUT2D eigenvalue weighted by atomic mass is 10.2. The van der Waals surface area contributed by atoms with Gasteiger partial charge in [-0.15, -0.1) is 11.6 Å². The highest BCUT2D eigenvalue weighted by Crippen LogP contribution is 2.11. The predicted molar refractivity (Wildman–Crippen MR) is 58.7 cm³/mol. The van der Waals surface area contributed by atoms with Crippen molar-refractivity contribution in [3.05, 3.63) is 29.8 Å². The zero-order valence-electron chi connectivity index (χ0n) is 9.22. The number of hydrogen-bond donors (Lipinski definition) is 0. The molecule has 1 rings (SSSR count). The Balaban J connectivity index is 0.000000791. The first-order valence-electron chi connectivity index (χ1n) is 5.08. The van der Waals surface area contributed by atoms with Crippen molar-refractivity contribution >= 4 is 11.6 Å². The van der Waals surface area contributed by atoms with Crippen molar-refractivity contribution in [3.63, 3.8) is 0 Å². The summed E-state index contributed by atoms with van der Waals surface area (Å²) in [4.78, 5) is 0. The maximum absolute atomic E-state index is 5.75. The molecule has 0 aliphatic heterocycles. The van der Waals surface area contributed by atoms with Gasteiger partial charge in [-0.25, -0.2) is 0 Å². The third kappa shape index (κ3) is 4.79. The second-order valence-electron chi connectivity index (χ2n) is 2.70. The maximum atomic E-state index is 5.75. The van der Waals surface area contributed by atoms with Gasteiger partial charge in [-0.2, -0.15) is 0 Å². The standard InChI is InChI=1S/C10H13ClO.CH4/c1-9-3-5-10(6-4-9)12-8-2-7-11;/h3-6H,2,7-8H2,1H3;1H4/i;1T. The lowest BCUT2D eigenvalue weighted by Gasteiger charge is -2.04. The zero-order valence-corrected chi connectivity index (χ0v) is 8.97. The van der Waals surface area contributed by atoms with Crippen LogP contribution in [0.3, 0.4) is 0 Å². The number of ether oxygens (including phenoxy) is 1. The third-order valence-electron chi connectivity index (χ3n) is 1.57. The van der Waals surface area contributed by atoms with E-state index in [2.05, 4.69) is 6.92 Å². The van der Waals surface area contributed by atoms with Gasteiger partial charge in [0, 0.05) is 7.25 Å². The van der Waals surface area contributed by atoms with E-state index >= 15 is 0 Å². The molecule has 1 aromatic carbocycles. The van der Waals surface area contributed by atoms with Gasteiger partial charge < -0.3 is 4.74 Å². The van der Waals surface area contributed by atoms with Gasteiger partial charge in [0.2, 0.25) is 0 Å². The van der Waals surface area contributed by atoms with Crippen LogP contribution in [0.4, 0.5) is 0 Å². The first kappa shape index (κ1) is 10.4. The minimum Gasteiger partial charge on any atom is -0.494 e. The van der Waals surface area contributed by atoms with Crippen LogP contribution in [-0.2, 0) is 0 Å². The van der Waals surface area contributed by atoms with Crippen LogP contribution in [0.25, 0.3) is 0 Å². The number of rotatable bonds is 4. The molecule has 0 saturated heterocycles. The SMILES string of the molecule is Cc1ccc(OCCCCl)cc1.[3H]C. The summed E-state index contributed by atoms with van der Waals surface area (Å²) in [6.07, 6.45) is 0.898. The van der Waals surface area contributed by atoms with Gasteiger partial charge in [-0.05, 0) is 25.5 Å². The van der Waals surface area contributed by atoms with Crippen LogP contribution in [0, 0.1) is 6.92 Å². The molecular formula is C11H17ClO. The fourth-order valence-electron chi connectivity index (χ4n) is 0.879. The van der Waals surface area contributed by atoms with E-state index < -0.39 is 0 Å². The summed E-state index contributed by atoms with van der Waals surface area (Å²) in [7, 11) is 1.25. The van der Waals surface area contributed by atoms with Crippen molar-refractivity contribution in [3.8, 4) is 5.75 Å². The molecule has 0 radical (unpaired) electrons. The van der Waals surface area contributed by atoms with Gasteiger partial charge in [-0.1, -0.05) is 25.1 Å². The molecule has 0 bridgehead atoms. The molecule has 0 aliphatic rings. The molecule has 0 saturated carbocycles. The van der Waals surface area contributed by atoms with Crippen LogP contribution in [-0.4, -0.2) is 12.5 Å². The molecule has 0 spiro atoms. The smallest absolute Gasteiger partial charge is 0.119 e. The molecule has 0 fully saturated rings. The highest BCUT2D eigenvalue weighted by Gasteiger charge is 1.91. The Bertz CT molecular complexity index is 223. The average molecular weight is 203 g/mol. The van der Waals surface area contributed by atoms with E-state index in [9.17, 15) is 0 Å². The van der Waals surface area contributed by atoms with Crippen LogP contribution in [0.1, 0.15) is 20.8 Å². The van der Waals surface area contributed by atoms with Gasteiger partial charge in [-0.3, -0.25) is 0 Å². The molecule has 0 unspecified atom stereocenters. The van der Waals surface area contributed by atoms with Gasteiger partial charge in [0.1, 0.15) is 5.75 Å². The number of benzene rings is 1. The Morgan fingerprint density at radius 2 is 2.00 bits per heavy atom. The minimum absolute atomic E-state index is 0.659. The topological polar surface area (TPSA) is 9.23 Å². The number of hydrogen-bond acceptors (Lipinski definition) is 1. The molecule has 1 aromatic rings. The summed E-state index contributed by atoms with van der Waals surface area (Å²) in [5, 5.41) is 0. The Labute approximate surface area is 87.1 Å². The minimum atomic E-state index is 0.659. The maximum Gasteiger partial charge on any atom is 0.119 e. The van der Waals surface area contributed by atoms with E-state index in [0.29, 0.717) is 12.5 Å². The van der Waals surface area contributed by atoms with Crippen LogP contribution < -0.4 is 4.74 Å². The van der Waals surface area contributed by atoms with Crippen LogP contribution in [0.2, 0.25) is 0 Å². The number of alkyl halides is 1. The molecule has 0 N–H and O–H groups in total. The summed E-state index contributed by atoms with van der Waals surface area (Å²) in [5.41, 5.74) is 1.25. The molecule has 2 heteroatoms. The fourth-order valence-corrected chi connectivity index (χ4v) is 0.988. The summed E-state index contributed by atoms with van der Waals surface area (Å²) in [5.74, 6) is 1.58. The van der Waals surface area contributed by atoms with Gasteiger partial charge in [0.05, 0.1) is 6.61 Å². The Morgan fingerprint density at radius 1 is 1.38 bits per heavy atom. The van der Waals surface area contributed by atoms with E-state index in [0.717, 1.165) is 12.2 Å². The molecule has 0 amide bonds. The molecule has 0 heterocycles. The zero-order chi connectivity index (χ0) is 10.8. The lowest BCUT2D eigenvalue weighted by molar-refractivity contribution is 0.318. The van der Waals surface area contributed by atoms with Crippen molar-refractivity contribution in [1.29, 1.82) is 0 Å². The summed E-state index contributed by atoms with van der Waals surface area (Å²) < 4.78 is 11.2. The van der Waals surface area contributed by atoms with Crippen LogP contribution in [0.15, 0.2) is 24.3 Å². The van der Waals surface area contributed by atoms with Crippen molar-refractivity contribution in [2.24, 2.45) is 0 Å². The first-order chi connectivity index (χ1) is 6.83. The molecule has 0 aromatic heterocycles. The van der Waals surface area contributed by atoms with E-state index in [1.54, 1.807) is 0 Å². The quantitative estimate of drug-likeness (QED) is 0.535. The van der Waals surface area contributed by atoms with Gasteiger partial charge >= 0.3 is 0 Å². The van der Waals surface area contributed by atoms with Crippen molar-refractivity contribution in [2.75, 3.05) is 12.5 Å². The Hall–Kier alpha value is -0.690. The average Bonchev–Trinajstić information content (AvgIpc) is 2.24. The second kappa shape index (κ2) is 6.79. The molecule has 1 nitrogen and oxygen atoms in total. The van der Waals surface area contributed by atoms with Crippen molar-refractivity contribution in [1.82, 2.24) is 0 Å². The summed E-state index contributed by atoms with van der Waals surface area (Å²) in [6.45, 7) is 2.76. The number of halogens is 1. The van der Waals surface area contributed by atoms with Crippen molar-refractivity contribution in [2.45, 2.75) is 20.7 Å². The normalized spacial score (nSPS) is 9.62. The highest BCUT2D eigenvalue weighted by atomic mass is 35.5. The highest BCUT2D eigenvalue weighted by molar-refractivity contribution is 6.17. The molecule has 74 valence electrons. The molecular weight excluding hydrogens is 184 g/mol. The van der Waals surface area contributed by atoms with Gasteiger partial charge in [0.15, 0.2) is 0 Å². The third-order valence-corrected chi connectivity index (χ3v) is 1.83. The van der Waals surface area contributed by atoms with Crippen LogP contribution >= 0.6 is 11.6 Å². The van der Waals surface area contributed by atoms with Crippen LogP contribution in [0.5, 0.6) is 5.75 Å². The Kier molecular flexibility index (Phi) is 5.42. The summed E-state index contributed by atoms with van der Waals surface area (Å²) >= 11 is 5.51. The van der Waals surface area contributed by atoms with E-state index in [-0.39, 0.29) is 0 Å². The van der Waals surface area contributed by atoms with Crippen molar-refractivity contribution < 1.29 is 6.11 Å². The van der Waals surface area contributed by atoms with E-state index in [1.165, 1.54) is 13.0 Å². The predicted octanol–water partition coefficient (Wildman–Crippen LogP) is 3.64. The molecule has 0 aliphatic carbocycles. The second-order valence-corrected chi connectivity index (χ2v) is 3.08. The molecule has 0 atom stereocenters. The number of aryl methyl sites for hydroxylation is 1. The lowest BCUT2D eigenvalue weighted by Crippen LogP contribution is -1.97. The van der Waals surface area contributed by atoms with E-state index in [1.807, 2.05) is 24.3 Å². The fraction of sp³-hybridized carbons (Fsp3) is 0.455. The van der Waals surface area contributed by atoms with E-state index in [4.69, 9.17) is 17.7 Å².